The van der Waals surface area contributed by atoms with Crippen LogP contribution in [0.15, 0.2) is 47.5 Å². The van der Waals surface area contributed by atoms with Crippen molar-refractivity contribution in [1.29, 1.82) is 0 Å². The summed E-state index contributed by atoms with van der Waals surface area (Å²) >= 11 is 0. The van der Waals surface area contributed by atoms with E-state index in [0.29, 0.717) is 31.7 Å². The minimum Gasteiger partial charge on any atom is -0.371 e. The number of aryl methyl sites for hydroxylation is 1. The van der Waals surface area contributed by atoms with E-state index in [0.717, 1.165) is 11.3 Å². The molecule has 0 aliphatic carbocycles. The van der Waals surface area contributed by atoms with Gasteiger partial charge in [0.05, 0.1) is 4.90 Å². The van der Waals surface area contributed by atoms with Crippen LogP contribution < -0.4 is 10.2 Å². The molecule has 1 N–H and O–H groups in total. The van der Waals surface area contributed by atoms with Gasteiger partial charge in [0.15, 0.2) is 0 Å². The summed E-state index contributed by atoms with van der Waals surface area (Å²) in [6.07, 6.45) is 2.91. The van der Waals surface area contributed by atoms with E-state index in [-0.39, 0.29) is 11.8 Å². The van der Waals surface area contributed by atoms with Crippen molar-refractivity contribution in [3.8, 4) is 0 Å². The lowest BCUT2D eigenvalue weighted by Gasteiger charge is -2.33. The summed E-state index contributed by atoms with van der Waals surface area (Å²) in [5, 5.41) is 2.84. The number of carbonyl (C=O) groups excluding carboxylic acids is 1. The SMILES string of the molecule is Cc1ccnc(NC(=O)C2CCN(c3ccc(S(=O)(=O)C(F)F)cc3)CC2)c1. The summed E-state index contributed by atoms with van der Waals surface area (Å²) in [7, 11) is -4.59. The Hall–Kier alpha value is -2.55. The number of hydrogen-bond acceptors (Lipinski definition) is 5. The molecular formula is C19H21F2N3O3S. The van der Waals surface area contributed by atoms with Gasteiger partial charge in [-0.05, 0) is 61.7 Å². The molecule has 1 fully saturated rings. The van der Waals surface area contributed by atoms with Gasteiger partial charge < -0.3 is 10.2 Å². The van der Waals surface area contributed by atoms with Crippen molar-refractivity contribution in [3.05, 3.63) is 48.2 Å². The fourth-order valence-electron chi connectivity index (χ4n) is 3.18. The molecule has 0 atom stereocenters. The van der Waals surface area contributed by atoms with Gasteiger partial charge in [0.1, 0.15) is 5.82 Å². The van der Waals surface area contributed by atoms with E-state index in [4.69, 9.17) is 0 Å². The molecule has 0 saturated carbocycles. The third-order valence-electron chi connectivity index (χ3n) is 4.80. The molecule has 0 radical (unpaired) electrons. The lowest BCUT2D eigenvalue weighted by molar-refractivity contribution is -0.120. The van der Waals surface area contributed by atoms with Crippen molar-refractivity contribution in [2.24, 2.45) is 5.92 Å². The number of piperidine rings is 1. The van der Waals surface area contributed by atoms with Crippen LogP contribution in [-0.4, -0.2) is 38.2 Å². The van der Waals surface area contributed by atoms with Crippen LogP contribution in [0.1, 0.15) is 18.4 Å². The van der Waals surface area contributed by atoms with Gasteiger partial charge >= 0.3 is 5.76 Å². The second kappa shape index (κ2) is 8.22. The van der Waals surface area contributed by atoms with E-state index >= 15 is 0 Å². The summed E-state index contributed by atoms with van der Waals surface area (Å²) in [4.78, 5) is 18.2. The second-order valence-corrected chi connectivity index (χ2v) is 8.69. The smallest absolute Gasteiger partial charge is 0.341 e. The largest absolute Gasteiger partial charge is 0.371 e. The van der Waals surface area contributed by atoms with Crippen LogP contribution in [0.25, 0.3) is 0 Å². The van der Waals surface area contributed by atoms with Crippen molar-refractivity contribution >= 4 is 27.2 Å². The molecule has 2 aromatic rings. The molecule has 1 aromatic heterocycles. The number of aromatic nitrogens is 1. The average Bonchev–Trinajstić information content (AvgIpc) is 2.68. The second-order valence-electron chi connectivity index (χ2n) is 6.77. The first-order chi connectivity index (χ1) is 13.3. The number of halogens is 2. The normalized spacial score (nSPS) is 15.6. The van der Waals surface area contributed by atoms with E-state index in [1.807, 2.05) is 24.0 Å². The quantitative estimate of drug-likeness (QED) is 0.820. The van der Waals surface area contributed by atoms with Crippen molar-refractivity contribution < 1.29 is 22.0 Å². The number of hydrogen-bond donors (Lipinski definition) is 1. The van der Waals surface area contributed by atoms with Gasteiger partial charge in [0.2, 0.25) is 15.7 Å². The topological polar surface area (TPSA) is 79.4 Å². The molecule has 6 nitrogen and oxygen atoms in total. The highest BCUT2D eigenvalue weighted by molar-refractivity contribution is 7.91. The highest BCUT2D eigenvalue weighted by atomic mass is 32.2. The fourth-order valence-corrected chi connectivity index (χ4v) is 3.90. The van der Waals surface area contributed by atoms with Crippen LogP contribution in [0.3, 0.4) is 0 Å². The summed E-state index contributed by atoms with van der Waals surface area (Å²) in [6, 6.07) is 9.09. The van der Waals surface area contributed by atoms with Crippen LogP contribution >= 0.6 is 0 Å². The zero-order valence-electron chi connectivity index (χ0n) is 15.3. The molecule has 1 saturated heterocycles. The highest BCUT2D eigenvalue weighted by Crippen LogP contribution is 2.26. The number of nitrogens with zero attached hydrogens (tertiary/aromatic N) is 2. The summed E-state index contributed by atoms with van der Waals surface area (Å²) < 4.78 is 48.2. The van der Waals surface area contributed by atoms with Gasteiger partial charge in [-0.15, -0.1) is 0 Å². The zero-order valence-corrected chi connectivity index (χ0v) is 16.1. The van der Waals surface area contributed by atoms with Crippen molar-refractivity contribution in [3.63, 3.8) is 0 Å². The molecule has 2 heterocycles. The van der Waals surface area contributed by atoms with Gasteiger partial charge in [-0.2, -0.15) is 8.78 Å². The van der Waals surface area contributed by atoms with E-state index in [1.54, 1.807) is 6.20 Å². The van der Waals surface area contributed by atoms with E-state index < -0.39 is 20.5 Å². The van der Waals surface area contributed by atoms with Crippen LogP contribution in [-0.2, 0) is 14.6 Å². The first kappa shape index (κ1) is 20.2. The van der Waals surface area contributed by atoms with Crippen molar-refractivity contribution in [2.75, 3.05) is 23.3 Å². The minimum atomic E-state index is -4.59. The molecule has 1 aromatic carbocycles. The van der Waals surface area contributed by atoms with Crippen LogP contribution in [0.2, 0.25) is 0 Å². The first-order valence-corrected chi connectivity index (χ1v) is 10.4. The van der Waals surface area contributed by atoms with Gasteiger partial charge in [-0.25, -0.2) is 13.4 Å². The Kier molecular flexibility index (Phi) is 5.93. The lowest BCUT2D eigenvalue weighted by atomic mass is 9.95. The number of nitrogens with one attached hydrogen (secondary N) is 1. The maximum absolute atomic E-state index is 12.6. The van der Waals surface area contributed by atoms with E-state index in [1.165, 1.54) is 24.3 Å². The number of pyridine rings is 1. The molecule has 0 bridgehead atoms. The third kappa shape index (κ3) is 4.46. The Bertz CT molecular complexity index is 941. The molecule has 3 rings (SSSR count). The average molecular weight is 409 g/mol. The van der Waals surface area contributed by atoms with E-state index in [9.17, 15) is 22.0 Å². The maximum atomic E-state index is 12.6. The molecule has 150 valence electrons. The Balaban J connectivity index is 1.58. The third-order valence-corrected chi connectivity index (χ3v) is 6.20. The molecule has 1 aliphatic rings. The fraction of sp³-hybridized carbons (Fsp3) is 0.368. The molecule has 28 heavy (non-hydrogen) atoms. The Morgan fingerprint density at radius 2 is 1.82 bits per heavy atom. The van der Waals surface area contributed by atoms with Gasteiger partial charge in [-0.3, -0.25) is 4.79 Å². The summed E-state index contributed by atoms with van der Waals surface area (Å²) in [6.45, 7) is 3.15. The summed E-state index contributed by atoms with van der Waals surface area (Å²) in [5.74, 6) is -3.12. The lowest BCUT2D eigenvalue weighted by Crippen LogP contribution is -2.38. The Labute approximate surface area is 162 Å². The molecular weight excluding hydrogens is 388 g/mol. The number of anilines is 2. The standard InChI is InChI=1S/C19H21F2N3O3S/c1-13-6-9-22-17(12-13)23-18(25)14-7-10-24(11-8-14)15-2-4-16(5-3-15)28(26,27)19(20)21/h2-6,9,12,14,19H,7-8,10-11H2,1H3,(H,22,23,25). The monoisotopic (exact) mass is 409 g/mol. The Morgan fingerprint density at radius 1 is 1.18 bits per heavy atom. The number of amides is 1. The van der Waals surface area contributed by atoms with Gasteiger partial charge in [0, 0.05) is 30.9 Å². The number of benzene rings is 1. The van der Waals surface area contributed by atoms with Crippen molar-refractivity contribution in [2.45, 2.75) is 30.4 Å². The predicted molar refractivity (Wildman–Crippen MR) is 102 cm³/mol. The molecule has 9 heteroatoms. The molecule has 0 spiro atoms. The highest BCUT2D eigenvalue weighted by Gasteiger charge is 2.28. The minimum absolute atomic E-state index is 0.0730. The van der Waals surface area contributed by atoms with E-state index in [2.05, 4.69) is 10.3 Å². The number of rotatable bonds is 5. The summed E-state index contributed by atoms with van der Waals surface area (Å²) in [5.41, 5.74) is 1.75. The molecule has 0 unspecified atom stereocenters. The zero-order chi connectivity index (χ0) is 20.3. The molecule has 1 aliphatic heterocycles. The Morgan fingerprint density at radius 3 is 2.39 bits per heavy atom. The van der Waals surface area contributed by atoms with Gasteiger partial charge in [-0.1, -0.05) is 0 Å². The molecule has 1 amide bonds. The van der Waals surface area contributed by atoms with Crippen LogP contribution in [0, 0.1) is 12.8 Å². The number of carbonyl (C=O) groups is 1. The first-order valence-electron chi connectivity index (χ1n) is 8.88. The predicted octanol–water partition coefficient (Wildman–Crippen LogP) is 3.24. The number of alkyl halides is 2. The van der Waals surface area contributed by atoms with Gasteiger partial charge in [0.25, 0.3) is 0 Å². The van der Waals surface area contributed by atoms with Crippen molar-refractivity contribution in [1.82, 2.24) is 4.98 Å². The number of sulfone groups is 1. The van der Waals surface area contributed by atoms with Crippen LogP contribution in [0.5, 0.6) is 0 Å². The van der Waals surface area contributed by atoms with Crippen LogP contribution in [0.4, 0.5) is 20.3 Å². The maximum Gasteiger partial charge on any atom is 0.341 e.